The molecule has 0 spiro atoms. The minimum atomic E-state index is -0.789. The van der Waals surface area contributed by atoms with Crippen LogP contribution in [0.25, 0.3) is 0 Å². The van der Waals surface area contributed by atoms with E-state index in [2.05, 4.69) is 19.2 Å². The second-order valence-corrected chi connectivity index (χ2v) is 7.78. The van der Waals surface area contributed by atoms with Gasteiger partial charge in [-0.25, -0.2) is 0 Å². The van der Waals surface area contributed by atoms with Gasteiger partial charge in [0.05, 0.1) is 10.6 Å². The normalized spacial score (nSPS) is 23.2. The van der Waals surface area contributed by atoms with Gasteiger partial charge in [0.1, 0.15) is 12.3 Å². The van der Waals surface area contributed by atoms with Crippen molar-refractivity contribution in [3.8, 4) is 5.75 Å². The van der Waals surface area contributed by atoms with Crippen molar-refractivity contribution in [1.82, 2.24) is 5.32 Å². The molecule has 0 radical (unpaired) electrons. The molecule has 1 aliphatic carbocycles. The fourth-order valence-electron chi connectivity index (χ4n) is 3.83. The van der Waals surface area contributed by atoms with Crippen molar-refractivity contribution in [1.29, 1.82) is 0 Å². The van der Waals surface area contributed by atoms with Crippen molar-refractivity contribution in [2.45, 2.75) is 39.2 Å². The summed E-state index contributed by atoms with van der Waals surface area (Å²) in [5, 5.41) is 13.9. The molecule has 30 heavy (non-hydrogen) atoms. The molecule has 1 aromatic rings. The summed E-state index contributed by atoms with van der Waals surface area (Å²) in [6.07, 6.45) is 3.07. The maximum atomic E-state index is 12.2. The summed E-state index contributed by atoms with van der Waals surface area (Å²) < 4.78 is 10.3. The van der Waals surface area contributed by atoms with Gasteiger partial charge in [0.25, 0.3) is 17.5 Å². The molecule has 0 bridgehead atoms. The molecule has 2 amide bonds. The number of hydrogen-bond donors (Lipinski definition) is 1. The largest absolute Gasteiger partial charge is 0.482 e. The first-order valence-corrected chi connectivity index (χ1v) is 9.93. The van der Waals surface area contributed by atoms with Crippen LogP contribution >= 0.6 is 0 Å². The van der Waals surface area contributed by atoms with Gasteiger partial charge in [-0.2, -0.15) is 0 Å². The van der Waals surface area contributed by atoms with Crippen molar-refractivity contribution in [3.63, 3.8) is 0 Å². The van der Waals surface area contributed by atoms with Crippen LogP contribution in [0.1, 0.15) is 33.1 Å². The molecule has 2 aliphatic rings. The molecule has 1 aliphatic heterocycles. The number of benzene rings is 1. The highest BCUT2D eigenvalue weighted by atomic mass is 16.6. The van der Waals surface area contributed by atoms with E-state index >= 15 is 0 Å². The molecule has 1 saturated carbocycles. The van der Waals surface area contributed by atoms with Gasteiger partial charge < -0.3 is 14.8 Å². The highest BCUT2D eigenvalue weighted by Crippen LogP contribution is 2.35. The summed E-state index contributed by atoms with van der Waals surface area (Å²) in [5.41, 5.74) is -0.118. The van der Waals surface area contributed by atoms with Gasteiger partial charge in [-0.15, -0.1) is 0 Å². The van der Waals surface area contributed by atoms with E-state index in [9.17, 15) is 24.5 Å². The highest BCUT2D eigenvalue weighted by Gasteiger charge is 2.31. The van der Waals surface area contributed by atoms with Crippen molar-refractivity contribution in [3.05, 3.63) is 28.3 Å². The van der Waals surface area contributed by atoms with E-state index in [1.807, 2.05) is 0 Å². The summed E-state index contributed by atoms with van der Waals surface area (Å²) in [4.78, 5) is 48.1. The van der Waals surface area contributed by atoms with Crippen LogP contribution in [0.5, 0.6) is 5.75 Å². The zero-order valence-electron chi connectivity index (χ0n) is 17.0. The molecular weight excluding hydrogens is 394 g/mol. The number of anilines is 1. The summed E-state index contributed by atoms with van der Waals surface area (Å²) >= 11 is 0. The van der Waals surface area contributed by atoms with Crippen LogP contribution in [0.3, 0.4) is 0 Å². The second kappa shape index (κ2) is 9.10. The first kappa shape index (κ1) is 21.5. The standard InChI is InChI=1S/C20H25N3O7/c1-12-4-3-5-15(13(12)2)21-18(24)10-30-20(26)9-22-16-8-14(23(27)28)6-7-17(16)29-11-19(22)25/h6-8,12-13,15H,3-5,9-11H2,1-2H3,(H,21,24)/t12-,13-,15+/m1/s1. The topological polar surface area (TPSA) is 128 Å². The summed E-state index contributed by atoms with van der Waals surface area (Å²) in [6.45, 7) is 3.04. The Morgan fingerprint density at radius 1 is 1.33 bits per heavy atom. The summed E-state index contributed by atoms with van der Waals surface area (Å²) in [5.74, 6) is -0.596. The molecule has 0 aromatic heterocycles. The number of carbonyl (C=O) groups excluding carboxylic acids is 3. The quantitative estimate of drug-likeness (QED) is 0.423. The van der Waals surface area contributed by atoms with Crippen LogP contribution in [0.15, 0.2) is 18.2 Å². The fourth-order valence-corrected chi connectivity index (χ4v) is 3.83. The number of nitro benzene ring substituents is 1. The van der Waals surface area contributed by atoms with Crippen molar-refractivity contribution >= 4 is 29.2 Å². The lowest BCUT2D eigenvalue weighted by Crippen LogP contribution is -2.46. The van der Waals surface area contributed by atoms with E-state index in [1.54, 1.807) is 0 Å². The number of nitro groups is 1. The first-order chi connectivity index (χ1) is 14.3. The Kier molecular flexibility index (Phi) is 6.53. The maximum Gasteiger partial charge on any atom is 0.326 e. The lowest BCUT2D eigenvalue weighted by molar-refractivity contribution is -0.384. The minimum absolute atomic E-state index is 0.0493. The number of carbonyl (C=O) groups is 3. The van der Waals surface area contributed by atoms with Crippen LogP contribution in [0.4, 0.5) is 11.4 Å². The molecule has 3 rings (SSSR count). The number of fused-ring (bicyclic) bond motifs is 1. The van der Waals surface area contributed by atoms with E-state index in [1.165, 1.54) is 12.1 Å². The number of non-ortho nitro benzene ring substituents is 1. The number of rotatable bonds is 6. The van der Waals surface area contributed by atoms with Crippen molar-refractivity contribution < 1.29 is 28.8 Å². The summed E-state index contributed by atoms with van der Waals surface area (Å²) in [6, 6.07) is 3.84. The summed E-state index contributed by atoms with van der Waals surface area (Å²) in [7, 11) is 0. The van der Waals surface area contributed by atoms with E-state index in [0.717, 1.165) is 30.2 Å². The number of amides is 2. The first-order valence-electron chi connectivity index (χ1n) is 9.93. The molecular formula is C20H25N3O7. The van der Waals surface area contributed by atoms with Gasteiger partial charge >= 0.3 is 5.97 Å². The number of esters is 1. The maximum absolute atomic E-state index is 12.2. The molecule has 10 nitrogen and oxygen atoms in total. The van der Waals surface area contributed by atoms with Gasteiger partial charge in [0.2, 0.25) is 0 Å². The second-order valence-electron chi connectivity index (χ2n) is 7.78. The lowest BCUT2D eigenvalue weighted by Gasteiger charge is -2.34. The fraction of sp³-hybridized carbons (Fsp3) is 0.550. The van der Waals surface area contributed by atoms with E-state index in [0.29, 0.717) is 11.8 Å². The highest BCUT2D eigenvalue weighted by molar-refractivity contribution is 6.01. The van der Waals surface area contributed by atoms with Crippen LogP contribution in [-0.4, -0.2) is 48.5 Å². The third-order valence-electron chi connectivity index (χ3n) is 5.80. The SMILES string of the molecule is C[C@@H]1[C@H](C)CCC[C@@H]1NC(=O)COC(=O)CN1C(=O)COc2ccc([N+](=O)[O-])cc21. The number of hydrogen-bond acceptors (Lipinski definition) is 7. The van der Waals surface area contributed by atoms with Gasteiger partial charge in [-0.3, -0.25) is 29.4 Å². The number of ether oxygens (including phenoxy) is 2. The smallest absolute Gasteiger partial charge is 0.326 e. The molecule has 3 atom stereocenters. The lowest BCUT2D eigenvalue weighted by atomic mass is 9.78. The number of nitrogens with one attached hydrogen (secondary N) is 1. The molecule has 0 unspecified atom stereocenters. The Morgan fingerprint density at radius 2 is 2.10 bits per heavy atom. The Hall–Kier alpha value is -3.17. The van der Waals surface area contributed by atoms with Crippen LogP contribution in [-0.2, 0) is 19.1 Å². The third-order valence-corrected chi connectivity index (χ3v) is 5.80. The average Bonchev–Trinajstić information content (AvgIpc) is 2.71. The van der Waals surface area contributed by atoms with Crippen LogP contribution in [0, 0.1) is 22.0 Å². The monoisotopic (exact) mass is 419 g/mol. The van der Waals surface area contributed by atoms with Gasteiger partial charge in [-0.05, 0) is 24.3 Å². The minimum Gasteiger partial charge on any atom is -0.482 e. The molecule has 162 valence electrons. The van der Waals surface area contributed by atoms with Gasteiger partial charge in [0.15, 0.2) is 13.2 Å². The Morgan fingerprint density at radius 3 is 2.83 bits per heavy atom. The Labute approximate surface area is 173 Å². The van der Waals surface area contributed by atoms with Crippen LogP contribution < -0.4 is 15.0 Å². The average molecular weight is 419 g/mol. The zero-order valence-corrected chi connectivity index (χ0v) is 17.0. The molecule has 10 heteroatoms. The van der Waals surface area contributed by atoms with Crippen molar-refractivity contribution in [2.75, 3.05) is 24.7 Å². The van der Waals surface area contributed by atoms with Crippen LogP contribution in [0.2, 0.25) is 0 Å². The molecule has 0 saturated heterocycles. The zero-order chi connectivity index (χ0) is 21.8. The van der Waals surface area contributed by atoms with E-state index < -0.39 is 35.9 Å². The van der Waals surface area contributed by atoms with Gasteiger partial charge in [0, 0.05) is 18.2 Å². The van der Waals surface area contributed by atoms with E-state index in [-0.39, 0.29) is 29.8 Å². The van der Waals surface area contributed by atoms with Gasteiger partial charge in [-0.1, -0.05) is 26.7 Å². The van der Waals surface area contributed by atoms with E-state index in [4.69, 9.17) is 9.47 Å². The molecule has 1 fully saturated rings. The van der Waals surface area contributed by atoms with Crippen molar-refractivity contribution in [2.24, 2.45) is 11.8 Å². The molecule has 1 N–H and O–H groups in total. The molecule has 1 heterocycles. The predicted molar refractivity (Wildman–Crippen MR) is 106 cm³/mol. The molecule has 1 aromatic carbocycles. The Balaban J connectivity index is 1.57. The third kappa shape index (κ3) is 4.87. The Bertz CT molecular complexity index is 857. The predicted octanol–water partition coefficient (Wildman–Crippen LogP) is 1.80. The number of nitrogens with zero attached hydrogens (tertiary/aromatic N) is 2.